The van der Waals surface area contributed by atoms with E-state index < -0.39 is 17.4 Å². The van der Waals surface area contributed by atoms with E-state index >= 15 is 0 Å². The molecule has 1 aromatic carbocycles. The second kappa shape index (κ2) is 6.02. The molecular weight excluding hydrogens is 292 g/mol. The molecule has 3 N–H and O–H groups in total. The van der Waals surface area contributed by atoms with Crippen LogP contribution in [0.3, 0.4) is 0 Å². The van der Waals surface area contributed by atoms with Crippen LogP contribution in [0.1, 0.15) is 41.0 Å². The van der Waals surface area contributed by atoms with E-state index in [9.17, 15) is 9.59 Å². The number of H-pyrrole nitrogens is 1. The Balaban J connectivity index is 2.00. The molecule has 0 bridgehead atoms. The van der Waals surface area contributed by atoms with E-state index in [0.717, 1.165) is 17.5 Å². The smallest absolute Gasteiger partial charge is 0.313 e. The van der Waals surface area contributed by atoms with Crippen LogP contribution in [0, 0.1) is 5.41 Å². The predicted molar refractivity (Wildman–Crippen MR) is 91.0 cm³/mol. The molecule has 2 amide bonds. The summed E-state index contributed by atoms with van der Waals surface area (Å²) in [5, 5.41) is 5.40. The fourth-order valence-electron chi connectivity index (χ4n) is 2.94. The van der Waals surface area contributed by atoms with Gasteiger partial charge in [0, 0.05) is 11.2 Å². The van der Waals surface area contributed by atoms with Crippen LogP contribution in [0.15, 0.2) is 24.5 Å². The third-order valence-electron chi connectivity index (χ3n) is 3.31. The van der Waals surface area contributed by atoms with E-state index in [1.54, 1.807) is 24.5 Å². The highest BCUT2D eigenvalue weighted by molar-refractivity contribution is 6.39. The van der Waals surface area contributed by atoms with Crippen molar-refractivity contribution in [2.24, 2.45) is 5.41 Å². The molecule has 0 unspecified atom stereocenters. The van der Waals surface area contributed by atoms with Gasteiger partial charge in [0.1, 0.15) is 0 Å². The van der Waals surface area contributed by atoms with E-state index in [1.807, 2.05) is 13.8 Å². The maximum atomic E-state index is 12.1. The van der Waals surface area contributed by atoms with Crippen LogP contribution >= 0.6 is 0 Å². The minimum Gasteiger partial charge on any atom is -0.345 e. The first-order chi connectivity index (χ1) is 10.6. The van der Waals surface area contributed by atoms with Gasteiger partial charge in [-0.2, -0.15) is 0 Å². The number of imidazole rings is 1. The lowest BCUT2D eigenvalue weighted by molar-refractivity contribution is -0.137. The largest absolute Gasteiger partial charge is 0.345 e. The second-order valence-electron chi connectivity index (χ2n) is 7.66. The van der Waals surface area contributed by atoms with Crippen LogP contribution in [0.4, 0.5) is 5.69 Å². The SMILES string of the molecule is CC(C)(C)CC(C)(C)NC(=O)C(=O)Nc1ccc2nc[nH]c2c1. The van der Waals surface area contributed by atoms with Crippen molar-refractivity contribution in [1.82, 2.24) is 15.3 Å². The molecule has 2 aromatic rings. The van der Waals surface area contributed by atoms with Crippen LogP contribution in [0.2, 0.25) is 0 Å². The van der Waals surface area contributed by atoms with Gasteiger partial charge in [-0.15, -0.1) is 0 Å². The van der Waals surface area contributed by atoms with Crippen molar-refractivity contribution in [3.05, 3.63) is 24.5 Å². The zero-order chi connectivity index (χ0) is 17.3. The van der Waals surface area contributed by atoms with Crippen LogP contribution in [-0.4, -0.2) is 27.3 Å². The number of aromatic amines is 1. The van der Waals surface area contributed by atoms with Crippen molar-refractivity contribution in [1.29, 1.82) is 0 Å². The lowest BCUT2D eigenvalue weighted by atomic mass is 9.82. The Kier molecular flexibility index (Phi) is 4.45. The number of aromatic nitrogens is 2. The van der Waals surface area contributed by atoms with Gasteiger partial charge >= 0.3 is 11.8 Å². The molecule has 124 valence electrons. The number of rotatable bonds is 3. The van der Waals surface area contributed by atoms with Crippen molar-refractivity contribution < 1.29 is 9.59 Å². The summed E-state index contributed by atoms with van der Waals surface area (Å²) in [6, 6.07) is 5.24. The number of hydrogen-bond acceptors (Lipinski definition) is 3. The summed E-state index contributed by atoms with van der Waals surface area (Å²) in [4.78, 5) is 31.3. The van der Waals surface area contributed by atoms with Gasteiger partial charge in [-0.1, -0.05) is 20.8 Å². The van der Waals surface area contributed by atoms with E-state index in [2.05, 4.69) is 41.4 Å². The second-order valence-corrected chi connectivity index (χ2v) is 7.66. The van der Waals surface area contributed by atoms with Gasteiger partial charge in [0.2, 0.25) is 0 Å². The first-order valence-corrected chi connectivity index (χ1v) is 7.62. The number of amides is 2. The Morgan fingerprint density at radius 3 is 2.48 bits per heavy atom. The number of nitrogens with zero attached hydrogens (tertiary/aromatic N) is 1. The summed E-state index contributed by atoms with van der Waals surface area (Å²) >= 11 is 0. The Morgan fingerprint density at radius 2 is 1.83 bits per heavy atom. The number of benzene rings is 1. The summed E-state index contributed by atoms with van der Waals surface area (Å²) in [5.41, 5.74) is 1.75. The van der Waals surface area contributed by atoms with Crippen LogP contribution in [0.25, 0.3) is 11.0 Å². The normalized spacial score (nSPS) is 12.2. The maximum absolute atomic E-state index is 12.1. The molecule has 1 aromatic heterocycles. The third kappa shape index (κ3) is 4.81. The number of carbonyl (C=O) groups is 2. The minimum atomic E-state index is -0.675. The van der Waals surface area contributed by atoms with Crippen molar-refractivity contribution in [3.63, 3.8) is 0 Å². The van der Waals surface area contributed by atoms with Crippen molar-refractivity contribution >= 4 is 28.5 Å². The molecule has 0 atom stereocenters. The quantitative estimate of drug-likeness (QED) is 0.761. The maximum Gasteiger partial charge on any atom is 0.313 e. The molecule has 0 radical (unpaired) electrons. The average Bonchev–Trinajstić information content (AvgIpc) is 2.82. The van der Waals surface area contributed by atoms with E-state index in [1.165, 1.54) is 0 Å². The van der Waals surface area contributed by atoms with E-state index in [-0.39, 0.29) is 5.41 Å². The van der Waals surface area contributed by atoms with Gasteiger partial charge in [0.15, 0.2) is 0 Å². The molecule has 0 aliphatic heterocycles. The first kappa shape index (κ1) is 17.0. The highest BCUT2D eigenvalue weighted by Gasteiger charge is 2.29. The van der Waals surface area contributed by atoms with Gasteiger partial charge in [0.25, 0.3) is 0 Å². The minimum absolute atomic E-state index is 0.0545. The third-order valence-corrected chi connectivity index (χ3v) is 3.31. The van der Waals surface area contributed by atoms with Crippen molar-refractivity contribution in [2.45, 2.75) is 46.6 Å². The first-order valence-electron chi connectivity index (χ1n) is 7.62. The molecule has 2 rings (SSSR count). The summed E-state index contributed by atoms with van der Waals surface area (Å²) in [6.07, 6.45) is 2.34. The number of carbonyl (C=O) groups excluding carboxylic acids is 2. The molecule has 0 spiro atoms. The number of fused-ring (bicyclic) bond motifs is 1. The zero-order valence-corrected chi connectivity index (χ0v) is 14.3. The Morgan fingerprint density at radius 1 is 1.13 bits per heavy atom. The van der Waals surface area contributed by atoms with E-state index in [4.69, 9.17) is 0 Å². The molecule has 6 heteroatoms. The highest BCUT2D eigenvalue weighted by atomic mass is 16.2. The van der Waals surface area contributed by atoms with Gasteiger partial charge in [-0.25, -0.2) is 4.98 Å². The molecule has 6 nitrogen and oxygen atoms in total. The van der Waals surface area contributed by atoms with Crippen LogP contribution < -0.4 is 10.6 Å². The van der Waals surface area contributed by atoms with Crippen molar-refractivity contribution in [3.8, 4) is 0 Å². The van der Waals surface area contributed by atoms with Gasteiger partial charge < -0.3 is 15.6 Å². The van der Waals surface area contributed by atoms with Gasteiger partial charge in [-0.3, -0.25) is 9.59 Å². The summed E-state index contributed by atoms with van der Waals surface area (Å²) in [5.74, 6) is -1.31. The molecule has 0 saturated heterocycles. The molecular formula is C17H24N4O2. The fraction of sp³-hybridized carbons (Fsp3) is 0.471. The van der Waals surface area contributed by atoms with Crippen LogP contribution in [0.5, 0.6) is 0 Å². The van der Waals surface area contributed by atoms with Gasteiger partial charge in [0.05, 0.1) is 17.4 Å². The molecule has 0 aliphatic carbocycles. The number of anilines is 1. The molecule has 0 saturated carbocycles. The van der Waals surface area contributed by atoms with Crippen molar-refractivity contribution in [2.75, 3.05) is 5.32 Å². The van der Waals surface area contributed by atoms with Gasteiger partial charge in [-0.05, 0) is 43.9 Å². The standard InChI is InChI=1S/C17H24N4O2/c1-16(2,3)9-17(4,5)21-15(23)14(22)20-11-6-7-12-13(8-11)19-10-18-12/h6-8,10H,9H2,1-5H3,(H,18,19)(H,20,22)(H,21,23). The Hall–Kier alpha value is -2.37. The van der Waals surface area contributed by atoms with E-state index in [0.29, 0.717) is 5.69 Å². The van der Waals surface area contributed by atoms with Crippen LogP contribution in [-0.2, 0) is 9.59 Å². The predicted octanol–water partition coefficient (Wildman–Crippen LogP) is 2.83. The summed E-state index contributed by atoms with van der Waals surface area (Å²) in [7, 11) is 0. The lowest BCUT2D eigenvalue weighted by Gasteiger charge is -2.33. The zero-order valence-electron chi connectivity index (χ0n) is 14.3. The topological polar surface area (TPSA) is 86.9 Å². The highest BCUT2D eigenvalue weighted by Crippen LogP contribution is 2.26. The lowest BCUT2D eigenvalue weighted by Crippen LogP contribution is -2.49. The summed E-state index contributed by atoms with van der Waals surface area (Å²) in [6.45, 7) is 10.1. The Bertz CT molecular complexity index is 726. The molecule has 23 heavy (non-hydrogen) atoms. The molecule has 1 heterocycles. The summed E-state index contributed by atoms with van der Waals surface area (Å²) < 4.78 is 0. The monoisotopic (exact) mass is 316 g/mol. The Labute approximate surface area is 136 Å². The number of nitrogens with one attached hydrogen (secondary N) is 3. The molecule has 0 aliphatic rings. The molecule has 0 fully saturated rings. The fourth-order valence-corrected chi connectivity index (χ4v) is 2.94. The average molecular weight is 316 g/mol. The number of hydrogen-bond donors (Lipinski definition) is 3.